The number of carbonyl (C=O) groups is 1. The zero-order valence-corrected chi connectivity index (χ0v) is 12.4. The van der Waals surface area contributed by atoms with Crippen LogP contribution in [0.5, 0.6) is 5.75 Å². The van der Waals surface area contributed by atoms with E-state index >= 15 is 0 Å². The molecule has 6 heteroatoms. The van der Waals surface area contributed by atoms with Gasteiger partial charge in [-0.3, -0.25) is 4.79 Å². The van der Waals surface area contributed by atoms with Gasteiger partial charge >= 0.3 is 0 Å². The van der Waals surface area contributed by atoms with Crippen molar-refractivity contribution in [3.63, 3.8) is 0 Å². The molecule has 0 saturated heterocycles. The molecule has 23 heavy (non-hydrogen) atoms. The Morgan fingerprint density at radius 1 is 1.22 bits per heavy atom. The summed E-state index contributed by atoms with van der Waals surface area (Å²) >= 11 is 0. The summed E-state index contributed by atoms with van der Waals surface area (Å²) in [7, 11) is 1.40. The number of rotatable bonds is 2. The van der Waals surface area contributed by atoms with Crippen molar-refractivity contribution >= 4 is 16.9 Å². The maximum Gasteiger partial charge on any atom is 0.255 e. The van der Waals surface area contributed by atoms with Gasteiger partial charge in [0.15, 0.2) is 11.6 Å². The van der Waals surface area contributed by atoms with Crippen LogP contribution < -0.4 is 5.32 Å². The third-order valence-corrected chi connectivity index (χ3v) is 3.64. The van der Waals surface area contributed by atoms with E-state index in [4.69, 9.17) is 4.42 Å². The van der Waals surface area contributed by atoms with Crippen LogP contribution in [0.4, 0.5) is 8.78 Å². The predicted octanol–water partition coefficient (Wildman–Crippen LogP) is 3.75. The number of amides is 1. The molecule has 4 nitrogen and oxygen atoms in total. The van der Waals surface area contributed by atoms with Crippen LogP contribution in [0.25, 0.3) is 22.3 Å². The summed E-state index contributed by atoms with van der Waals surface area (Å²) in [5.41, 5.74) is 0.813. The van der Waals surface area contributed by atoms with Gasteiger partial charge in [-0.15, -0.1) is 0 Å². The Kier molecular flexibility index (Phi) is 3.52. The quantitative estimate of drug-likeness (QED) is 0.756. The Morgan fingerprint density at radius 2 is 1.87 bits per heavy atom. The highest BCUT2D eigenvalue weighted by Crippen LogP contribution is 2.39. The van der Waals surface area contributed by atoms with E-state index in [9.17, 15) is 18.7 Å². The Hall–Kier alpha value is -2.89. The molecule has 1 aromatic heterocycles. The molecule has 2 aromatic carbocycles. The Labute approximate surface area is 130 Å². The lowest BCUT2D eigenvalue weighted by Crippen LogP contribution is -2.18. The van der Waals surface area contributed by atoms with Gasteiger partial charge in [-0.2, -0.15) is 0 Å². The summed E-state index contributed by atoms with van der Waals surface area (Å²) in [6.45, 7) is 1.53. The zero-order chi connectivity index (χ0) is 16.7. The fraction of sp³-hybridized carbons (Fsp3) is 0.118. The number of aryl methyl sites for hydroxylation is 1. The van der Waals surface area contributed by atoms with Crippen molar-refractivity contribution in [2.24, 2.45) is 0 Å². The molecule has 0 radical (unpaired) electrons. The van der Waals surface area contributed by atoms with Crippen LogP contribution in [0.2, 0.25) is 0 Å². The molecule has 0 aliphatic rings. The van der Waals surface area contributed by atoms with Crippen LogP contribution in [0.1, 0.15) is 15.9 Å². The number of fused-ring (bicyclic) bond motifs is 1. The first-order chi connectivity index (χ1) is 10.9. The fourth-order valence-corrected chi connectivity index (χ4v) is 2.47. The van der Waals surface area contributed by atoms with Crippen molar-refractivity contribution in [3.8, 4) is 17.1 Å². The summed E-state index contributed by atoms with van der Waals surface area (Å²) in [6.07, 6.45) is 0. The number of phenolic OH excluding ortho intramolecular Hbond substituents is 1. The van der Waals surface area contributed by atoms with Gasteiger partial charge < -0.3 is 14.8 Å². The molecule has 0 atom stereocenters. The van der Waals surface area contributed by atoms with Gasteiger partial charge in [0.2, 0.25) is 0 Å². The van der Waals surface area contributed by atoms with Crippen molar-refractivity contribution in [2.75, 3.05) is 7.05 Å². The minimum Gasteiger partial charge on any atom is -0.505 e. The molecule has 0 fully saturated rings. The average molecular weight is 317 g/mol. The van der Waals surface area contributed by atoms with Crippen LogP contribution in [-0.4, -0.2) is 18.1 Å². The molecule has 0 bridgehead atoms. The SMILES string of the molecule is CNC(=O)c1c(-c2ccc(F)cc2)oc2cc(C)c(O)c(F)c12. The monoisotopic (exact) mass is 317 g/mol. The van der Waals surface area contributed by atoms with Crippen LogP contribution in [0, 0.1) is 18.6 Å². The second-order valence-electron chi connectivity index (χ2n) is 5.12. The van der Waals surface area contributed by atoms with Gasteiger partial charge in [-0.1, -0.05) is 0 Å². The molecule has 1 amide bonds. The van der Waals surface area contributed by atoms with Crippen LogP contribution in [-0.2, 0) is 0 Å². The number of hydrogen-bond acceptors (Lipinski definition) is 3. The van der Waals surface area contributed by atoms with E-state index < -0.39 is 23.3 Å². The minimum absolute atomic E-state index is 0.0399. The molecule has 1 heterocycles. The summed E-state index contributed by atoms with van der Waals surface area (Å²) < 4.78 is 33.2. The van der Waals surface area contributed by atoms with Crippen LogP contribution in [0.3, 0.4) is 0 Å². The first kappa shape index (κ1) is 15.0. The number of aromatic hydroxyl groups is 1. The van der Waals surface area contributed by atoms with E-state index in [1.165, 1.54) is 44.3 Å². The van der Waals surface area contributed by atoms with Crippen molar-refractivity contribution in [2.45, 2.75) is 6.92 Å². The highest BCUT2D eigenvalue weighted by Gasteiger charge is 2.26. The molecule has 0 aliphatic heterocycles. The Balaban J connectivity index is 2.40. The van der Waals surface area contributed by atoms with Gasteiger partial charge in [0.25, 0.3) is 5.91 Å². The first-order valence-corrected chi connectivity index (χ1v) is 6.86. The normalized spacial score (nSPS) is 11.0. The molecule has 0 spiro atoms. The van der Waals surface area contributed by atoms with Crippen LogP contribution in [0.15, 0.2) is 34.7 Å². The summed E-state index contributed by atoms with van der Waals surface area (Å²) in [5, 5.41) is 12.1. The molecular formula is C17H13F2NO3. The molecule has 3 rings (SSSR count). The Bertz CT molecular complexity index is 914. The van der Waals surface area contributed by atoms with Crippen molar-refractivity contribution in [3.05, 3.63) is 53.1 Å². The minimum atomic E-state index is -0.921. The second-order valence-corrected chi connectivity index (χ2v) is 5.12. The third kappa shape index (κ3) is 2.32. The van der Waals surface area contributed by atoms with E-state index in [0.29, 0.717) is 5.56 Å². The average Bonchev–Trinajstić information content (AvgIpc) is 2.92. The van der Waals surface area contributed by atoms with E-state index in [2.05, 4.69) is 5.32 Å². The van der Waals surface area contributed by atoms with Crippen LogP contribution >= 0.6 is 0 Å². The molecule has 118 valence electrons. The lowest BCUT2D eigenvalue weighted by Gasteiger charge is -2.04. The first-order valence-electron chi connectivity index (χ1n) is 6.86. The zero-order valence-electron chi connectivity index (χ0n) is 12.4. The van der Waals surface area contributed by atoms with Gasteiger partial charge in [-0.25, -0.2) is 8.78 Å². The molecule has 0 saturated carbocycles. The predicted molar refractivity (Wildman–Crippen MR) is 81.4 cm³/mol. The third-order valence-electron chi connectivity index (χ3n) is 3.64. The molecule has 0 unspecified atom stereocenters. The van der Waals surface area contributed by atoms with Gasteiger partial charge in [0.1, 0.15) is 17.2 Å². The lowest BCUT2D eigenvalue weighted by atomic mass is 10.0. The standard InChI is InChI=1S/C17H13F2NO3/c1-8-7-11-12(14(19)15(8)21)13(17(22)20-2)16(23-11)9-3-5-10(18)6-4-9/h3-7,21H,1-2H3,(H,20,22). The topological polar surface area (TPSA) is 62.5 Å². The highest BCUT2D eigenvalue weighted by molar-refractivity contribution is 6.11. The summed E-state index contributed by atoms with van der Waals surface area (Å²) in [6, 6.07) is 6.76. The van der Waals surface area contributed by atoms with Crippen molar-refractivity contribution < 1.29 is 23.1 Å². The molecule has 2 N–H and O–H groups in total. The highest BCUT2D eigenvalue weighted by atomic mass is 19.1. The van der Waals surface area contributed by atoms with E-state index in [1.54, 1.807) is 0 Å². The number of phenols is 1. The number of halogens is 2. The molecular weight excluding hydrogens is 304 g/mol. The summed E-state index contributed by atoms with van der Waals surface area (Å²) in [5.74, 6) is -2.34. The number of benzene rings is 2. The van der Waals surface area contributed by atoms with E-state index in [1.807, 2.05) is 0 Å². The maximum absolute atomic E-state index is 14.5. The smallest absolute Gasteiger partial charge is 0.255 e. The number of hydrogen-bond donors (Lipinski definition) is 2. The van der Waals surface area contributed by atoms with Crippen molar-refractivity contribution in [1.29, 1.82) is 0 Å². The molecule has 0 aliphatic carbocycles. The van der Waals surface area contributed by atoms with E-state index in [0.717, 1.165) is 0 Å². The molecule has 3 aromatic rings. The van der Waals surface area contributed by atoms with Gasteiger partial charge in [0.05, 0.1) is 10.9 Å². The second kappa shape index (κ2) is 5.39. The lowest BCUT2D eigenvalue weighted by molar-refractivity contribution is 0.0964. The Morgan fingerprint density at radius 3 is 2.48 bits per heavy atom. The maximum atomic E-state index is 14.5. The van der Waals surface area contributed by atoms with Gasteiger partial charge in [-0.05, 0) is 42.8 Å². The van der Waals surface area contributed by atoms with Gasteiger partial charge in [0, 0.05) is 12.6 Å². The number of nitrogens with one attached hydrogen (secondary N) is 1. The summed E-state index contributed by atoms with van der Waals surface area (Å²) in [4.78, 5) is 12.2. The largest absolute Gasteiger partial charge is 0.505 e. The van der Waals surface area contributed by atoms with Crippen molar-refractivity contribution in [1.82, 2.24) is 5.32 Å². The number of furan rings is 1. The number of carbonyl (C=O) groups excluding carboxylic acids is 1. The fourth-order valence-electron chi connectivity index (χ4n) is 2.47. The van der Waals surface area contributed by atoms with E-state index in [-0.39, 0.29) is 27.9 Å².